The van der Waals surface area contributed by atoms with Crippen molar-refractivity contribution in [2.24, 2.45) is 0 Å². The highest BCUT2D eigenvalue weighted by atomic mass is 16.1. The molecule has 1 aromatic carbocycles. The van der Waals surface area contributed by atoms with Gasteiger partial charge in [-0.2, -0.15) is 0 Å². The Labute approximate surface area is 141 Å². The zero-order chi connectivity index (χ0) is 16.9. The van der Waals surface area contributed by atoms with E-state index in [1.807, 2.05) is 65.5 Å². The number of aromatic nitrogens is 2. The van der Waals surface area contributed by atoms with Crippen LogP contribution in [0, 0.1) is 0 Å². The highest BCUT2D eigenvalue weighted by Gasteiger charge is 2.07. The summed E-state index contributed by atoms with van der Waals surface area (Å²) in [7, 11) is 0. The number of hydrogen-bond acceptors (Lipinski definition) is 3. The number of nitrogens with zero attached hydrogens (tertiary/aromatic N) is 2. The van der Waals surface area contributed by atoms with Gasteiger partial charge in [0.1, 0.15) is 5.82 Å². The fourth-order valence-electron chi connectivity index (χ4n) is 2.34. The van der Waals surface area contributed by atoms with Crippen molar-refractivity contribution in [2.45, 2.75) is 19.9 Å². The molecular formula is C19H20N4O. The first-order chi connectivity index (χ1) is 11.6. The summed E-state index contributed by atoms with van der Waals surface area (Å²) >= 11 is 0. The van der Waals surface area contributed by atoms with Crippen LogP contribution in [-0.4, -0.2) is 21.5 Å². The maximum absolute atomic E-state index is 12.3. The molecule has 2 aromatic heterocycles. The molecule has 0 aliphatic carbocycles. The second-order valence-electron chi connectivity index (χ2n) is 5.82. The summed E-state index contributed by atoms with van der Waals surface area (Å²) in [5.41, 5.74) is 2.29. The summed E-state index contributed by atoms with van der Waals surface area (Å²) in [6.07, 6.45) is 5.58. The third kappa shape index (κ3) is 3.81. The zero-order valence-corrected chi connectivity index (χ0v) is 13.7. The number of benzene rings is 1. The average Bonchev–Trinajstić information content (AvgIpc) is 3.11. The lowest BCUT2D eigenvalue weighted by Crippen LogP contribution is -2.13. The Morgan fingerprint density at radius 1 is 1.04 bits per heavy atom. The standard InChI is InChI=1S/C19H20N4O/c1-14(2)21-18-10-7-16(13-20-18)22-19(24)15-5-8-17(9-6-15)23-11-3-4-12-23/h3-14H,1-2H3,(H,20,21)(H,22,24). The van der Waals surface area contributed by atoms with Crippen LogP contribution in [0.1, 0.15) is 24.2 Å². The molecular weight excluding hydrogens is 300 g/mol. The summed E-state index contributed by atoms with van der Waals surface area (Å²) in [5.74, 6) is 0.638. The first kappa shape index (κ1) is 15.8. The largest absolute Gasteiger partial charge is 0.368 e. The maximum Gasteiger partial charge on any atom is 0.255 e. The van der Waals surface area contributed by atoms with Gasteiger partial charge in [0, 0.05) is 29.7 Å². The van der Waals surface area contributed by atoms with Gasteiger partial charge in [-0.3, -0.25) is 4.79 Å². The van der Waals surface area contributed by atoms with Crippen LogP contribution >= 0.6 is 0 Å². The minimum atomic E-state index is -0.152. The van der Waals surface area contributed by atoms with Crippen LogP contribution in [0.3, 0.4) is 0 Å². The molecule has 0 aliphatic rings. The van der Waals surface area contributed by atoms with Crippen LogP contribution in [0.4, 0.5) is 11.5 Å². The molecule has 0 atom stereocenters. The fourth-order valence-corrected chi connectivity index (χ4v) is 2.34. The van der Waals surface area contributed by atoms with Crippen molar-refractivity contribution >= 4 is 17.4 Å². The fraction of sp³-hybridized carbons (Fsp3) is 0.158. The van der Waals surface area contributed by atoms with Crippen molar-refractivity contribution in [2.75, 3.05) is 10.6 Å². The summed E-state index contributed by atoms with van der Waals surface area (Å²) in [6.45, 7) is 4.10. The van der Waals surface area contributed by atoms with Gasteiger partial charge in [-0.15, -0.1) is 0 Å². The highest BCUT2D eigenvalue weighted by molar-refractivity contribution is 6.04. The van der Waals surface area contributed by atoms with Crippen molar-refractivity contribution in [3.05, 3.63) is 72.7 Å². The van der Waals surface area contributed by atoms with E-state index in [2.05, 4.69) is 29.5 Å². The lowest BCUT2D eigenvalue weighted by atomic mass is 10.2. The third-order valence-electron chi connectivity index (χ3n) is 3.49. The Hall–Kier alpha value is -3.08. The first-order valence-corrected chi connectivity index (χ1v) is 7.89. The monoisotopic (exact) mass is 320 g/mol. The number of carbonyl (C=O) groups excluding carboxylic acids is 1. The predicted molar refractivity (Wildman–Crippen MR) is 96.7 cm³/mol. The molecule has 0 aliphatic heterocycles. The molecule has 2 heterocycles. The second-order valence-corrected chi connectivity index (χ2v) is 5.82. The van der Waals surface area contributed by atoms with Gasteiger partial charge in [0.25, 0.3) is 5.91 Å². The van der Waals surface area contributed by atoms with Crippen LogP contribution in [0.15, 0.2) is 67.1 Å². The Morgan fingerprint density at radius 3 is 2.33 bits per heavy atom. The molecule has 5 heteroatoms. The number of hydrogen-bond donors (Lipinski definition) is 2. The van der Waals surface area contributed by atoms with E-state index in [-0.39, 0.29) is 5.91 Å². The molecule has 0 saturated heterocycles. The van der Waals surface area contributed by atoms with Crippen LogP contribution in [0.25, 0.3) is 5.69 Å². The van der Waals surface area contributed by atoms with Crippen molar-refractivity contribution in [1.29, 1.82) is 0 Å². The van der Waals surface area contributed by atoms with Crippen LogP contribution < -0.4 is 10.6 Å². The van der Waals surface area contributed by atoms with Crippen molar-refractivity contribution in [1.82, 2.24) is 9.55 Å². The Kier molecular flexibility index (Phi) is 4.61. The Morgan fingerprint density at radius 2 is 1.75 bits per heavy atom. The minimum Gasteiger partial charge on any atom is -0.368 e. The van der Waals surface area contributed by atoms with E-state index < -0.39 is 0 Å². The topological polar surface area (TPSA) is 58.9 Å². The van der Waals surface area contributed by atoms with Gasteiger partial charge in [-0.25, -0.2) is 4.98 Å². The number of anilines is 2. The second kappa shape index (κ2) is 7.00. The summed E-state index contributed by atoms with van der Waals surface area (Å²) in [4.78, 5) is 16.6. The Balaban J connectivity index is 1.66. The third-order valence-corrected chi connectivity index (χ3v) is 3.49. The number of nitrogens with one attached hydrogen (secondary N) is 2. The molecule has 122 valence electrons. The lowest BCUT2D eigenvalue weighted by Gasteiger charge is -2.10. The summed E-state index contributed by atoms with van der Waals surface area (Å²) in [5, 5.41) is 6.07. The molecule has 0 fully saturated rings. The van der Waals surface area contributed by atoms with Gasteiger partial charge >= 0.3 is 0 Å². The smallest absolute Gasteiger partial charge is 0.255 e. The molecule has 0 bridgehead atoms. The number of pyridine rings is 1. The molecule has 3 aromatic rings. The normalized spacial score (nSPS) is 10.6. The van der Waals surface area contributed by atoms with E-state index in [1.165, 1.54) is 0 Å². The Bertz CT molecular complexity index is 790. The van der Waals surface area contributed by atoms with E-state index in [9.17, 15) is 4.79 Å². The predicted octanol–water partition coefficient (Wildman–Crippen LogP) is 3.94. The van der Waals surface area contributed by atoms with Gasteiger partial charge in [0.05, 0.1) is 11.9 Å². The molecule has 5 nitrogen and oxygen atoms in total. The summed E-state index contributed by atoms with van der Waals surface area (Å²) in [6, 6.07) is 15.4. The van der Waals surface area contributed by atoms with Gasteiger partial charge in [-0.05, 0) is 62.4 Å². The molecule has 1 amide bonds. The first-order valence-electron chi connectivity index (χ1n) is 7.89. The molecule has 24 heavy (non-hydrogen) atoms. The molecule has 0 radical (unpaired) electrons. The van der Waals surface area contributed by atoms with Crippen LogP contribution in [-0.2, 0) is 0 Å². The molecule has 0 unspecified atom stereocenters. The van der Waals surface area contributed by atoms with Gasteiger partial charge < -0.3 is 15.2 Å². The SMILES string of the molecule is CC(C)Nc1ccc(NC(=O)c2ccc(-n3cccc3)cc2)cn1. The molecule has 0 saturated carbocycles. The molecule has 0 spiro atoms. The van der Waals surface area contributed by atoms with E-state index in [0.29, 0.717) is 17.3 Å². The van der Waals surface area contributed by atoms with E-state index in [0.717, 1.165) is 11.5 Å². The van der Waals surface area contributed by atoms with E-state index >= 15 is 0 Å². The quantitative estimate of drug-likeness (QED) is 0.748. The van der Waals surface area contributed by atoms with E-state index in [4.69, 9.17) is 0 Å². The minimum absolute atomic E-state index is 0.152. The number of amides is 1. The molecule has 2 N–H and O–H groups in total. The van der Waals surface area contributed by atoms with Crippen LogP contribution in [0.5, 0.6) is 0 Å². The van der Waals surface area contributed by atoms with E-state index in [1.54, 1.807) is 6.20 Å². The lowest BCUT2D eigenvalue weighted by molar-refractivity contribution is 0.102. The van der Waals surface area contributed by atoms with Gasteiger partial charge in [0.2, 0.25) is 0 Å². The highest BCUT2D eigenvalue weighted by Crippen LogP contribution is 2.14. The van der Waals surface area contributed by atoms with Gasteiger partial charge in [0.15, 0.2) is 0 Å². The van der Waals surface area contributed by atoms with Crippen molar-refractivity contribution in [3.63, 3.8) is 0 Å². The maximum atomic E-state index is 12.3. The average molecular weight is 320 g/mol. The number of carbonyl (C=O) groups is 1. The number of rotatable bonds is 5. The zero-order valence-electron chi connectivity index (χ0n) is 13.7. The van der Waals surface area contributed by atoms with Crippen molar-refractivity contribution < 1.29 is 4.79 Å². The molecule has 3 rings (SSSR count). The van der Waals surface area contributed by atoms with Crippen LogP contribution in [0.2, 0.25) is 0 Å². The summed E-state index contributed by atoms with van der Waals surface area (Å²) < 4.78 is 1.99. The van der Waals surface area contributed by atoms with Crippen molar-refractivity contribution in [3.8, 4) is 5.69 Å². The van der Waals surface area contributed by atoms with Gasteiger partial charge in [-0.1, -0.05) is 0 Å².